The van der Waals surface area contributed by atoms with Crippen LogP contribution in [0.15, 0.2) is 9.85 Å². The Kier molecular flexibility index (Phi) is 5.10. The van der Waals surface area contributed by atoms with Crippen LogP contribution in [0.4, 0.5) is 0 Å². The number of halogens is 2. The van der Waals surface area contributed by atoms with E-state index in [1.54, 1.807) is 11.3 Å². The highest BCUT2D eigenvalue weighted by molar-refractivity contribution is 9.11. The highest BCUT2D eigenvalue weighted by atomic mass is 79.9. The van der Waals surface area contributed by atoms with Crippen LogP contribution in [-0.4, -0.2) is 13.6 Å². The third-order valence-electron chi connectivity index (χ3n) is 2.40. The monoisotopic (exact) mass is 309 g/mol. The first kappa shape index (κ1) is 13.5. The predicted octanol–water partition coefficient (Wildman–Crippen LogP) is 4.34. The van der Waals surface area contributed by atoms with Gasteiger partial charge in [-0.05, 0) is 53.8 Å². The molecule has 0 fully saturated rings. The zero-order chi connectivity index (χ0) is 11.5. The lowest BCUT2D eigenvalue weighted by Crippen LogP contribution is -2.27. The molecule has 1 N–H and O–H groups in total. The van der Waals surface area contributed by atoms with E-state index in [1.807, 2.05) is 7.05 Å². The average Bonchev–Trinajstić information content (AvgIpc) is 2.44. The van der Waals surface area contributed by atoms with Crippen LogP contribution in [0.3, 0.4) is 0 Å². The molecule has 0 amide bonds. The van der Waals surface area contributed by atoms with Gasteiger partial charge in [0, 0.05) is 4.88 Å². The minimum Gasteiger partial charge on any atom is -0.319 e. The normalized spacial score (nSPS) is 12.1. The van der Waals surface area contributed by atoms with Crippen molar-refractivity contribution < 1.29 is 0 Å². The fraction of sp³-hybridized carbons (Fsp3) is 0.636. The number of hydrogen-bond acceptors (Lipinski definition) is 2. The molecule has 4 heteroatoms. The molecule has 0 aliphatic rings. The van der Waals surface area contributed by atoms with E-state index in [-0.39, 0.29) is 0 Å². The highest BCUT2D eigenvalue weighted by Gasteiger charge is 2.17. The summed E-state index contributed by atoms with van der Waals surface area (Å²) in [6.07, 6.45) is 2.28. The van der Waals surface area contributed by atoms with E-state index in [0.29, 0.717) is 5.41 Å². The summed E-state index contributed by atoms with van der Waals surface area (Å²) >= 11 is 11.2. The van der Waals surface area contributed by atoms with Crippen molar-refractivity contribution in [2.24, 2.45) is 5.41 Å². The topological polar surface area (TPSA) is 12.0 Å². The molecule has 0 unspecified atom stereocenters. The van der Waals surface area contributed by atoms with Crippen LogP contribution in [0.25, 0.3) is 0 Å². The second-order valence-electron chi connectivity index (χ2n) is 4.53. The summed E-state index contributed by atoms with van der Waals surface area (Å²) in [5.41, 5.74) is 0.345. The van der Waals surface area contributed by atoms with Gasteiger partial charge in [0.25, 0.3) is 0 Å². The molecule has 0 bridgehead atoms. The molecule has 0 spiro atoms. The van der Waals surface area contributed by atoms with E-state index >= 15 is 0 Å². The second kappa shape index (κ2) is 5.67. The minimum absolute atomic E-state index is 0.345. The van der Waals surface area contributed by atoms with Crippen molar-refractivity contribution >= 4 is 38.9 Å². The third kappa shape index (κ3) is 4.43. The molecule has 1 nitrogen and oxygen atoms in total. The smallest absolute Gasteiger partial charge is 0.0887 e. The lowest BCUT2D eigenvalue weighted by molar-refractivity contribution is 0.325. The minimum atomic E-state index is 0.345. The molecule has 15 heavy (non-hydrogen) atoms. The van der Waals surface area contributed by atoms with Crippen LogP contribution in [0.2, 0.25) is 5.02 Å². The summed E-state index contributed by atoms with van der Waals surface area (Å²) in [6.45, 7) is 5.62. The summed E-state index contributed by atoms with van der Waals surface area (Å²) in [5, 5.41) is 4.06. The van der Waals surface area contributed by atoms with Crippen LogP contribution in [0.1, 0.15) is 25.1 Å². The zero-order valence-electron chi connectivity index (χ0n) is 9.36. The molecule has 1 heterocycles. The van der Waals surface area contributed by atoms with Crippen LogP contribution in [0.5, 0.6) is 0 Å². The van der Waals surface area contributed by atoms with Crippen molar-refractivity contribution in [3.63, 3.8) is 0 Å². The number of thiophene rings is 1. The quantitative estimate of drug-likeness (QED) is 0.853. The van der Waals surface area contributed by atoms with Crippen molar-refractivity contribution in [2.45, 2.75) is 26.7 Å². The number of hydrogen-bond donors (Lipinski definition) is 1. The maximum absolute atomic E-state index is 5.99. The largest absolute Gasteiger partial charge is 0.319 e. The first-order chi connectivity index (χ1) is 6.94. The number of rotatable bonds is 5. The fourth-order valence-corrected chi connectivity index (χ4v) is 3.36. The lowest BCUT2D eigenvalue weighted by atomic mass is 9.87. The van der Waals surface area contributed by atoms with Crippen molar-refractivity contribution in [1.29, 1.82) is 0 Å². The molecule has 1 rings (SSSR count). The van der Waals surface area contributed by atoms with E-state index in [9.17, 15) is 0 Å². The summed E-state index contributed by atoms with van der Waals surface area (Å²) in [6, 6.07) is 2.06. The maximum Gasteiger partial charge on any atom is 0.0887 e. The van der Waals surface area contributed by atoms with Crippen LogP contribution in [-0.2, 0) is 6.42 Å². The van der Waals surface area contributed by atoms with Crippen molar-refractivity contribution in [1.82, 2.24) is 5.32 Å². The van der Waals surface area contributed by atoms with Crippen molar-refractivity contribution in [3.05, 3.63) is 19.8 Å². The summed E-state index contributed by atoms with van der Waals surface area (Å²) in [4.78, 5) is 1.36. The van der Waals surface area contributed by atoms with Gasteiger partial charge >= 0.3 is 0 Å². The Balaban J connectivity index is 2.49. The van der Waals surface area contributed by atoms with Gasteiger partial charge in [0.05, 0.1) is 8.81 Å². The van der Waals surface area contributed by atoms with Gasteiger partial charge in [0.1, 0.15) is 0 Å². The molecule has 86 valence electrons. The van der Waals surface area contributed by atoms with Crippen molar-refractivity contribution in [2.75, 3.05) is 13.6 Å². The SMILES string of the molecule is CNCC(C)(C)CCc1cc(Cl)c(Br)s1. The summed E-state index contributed by atoms with van der Waals surface area (Å²) < 4.78 is 1.05. The van der Waals surface area contributed by atoms with Crippen LogP contribution < -0.4 is 5.32 Å². The average molecular weight is 311 g/mol. The molecule has 0 atom stereocenters. The van der Waals surface area contributed by atoms with Gasteiger partial charge in [0.2, 0.25) is 0 Å². The lowest BCUT2D eigenvalue weighted by Gasteiger charge is -2.23. The van der Waals surface area contributed by atoms with Gasteiger partial charge in [-0.3, -0.25) is 0 Å². The maximum atomic E-state index is 5.99. The molecule has 0 aliphatic heterocycles. The highest BCUT2D eigenvalue weighted by Crippen LogP contribution is 2.34. The third-order valence-corrected chi connectivity index (χ3v) is 4.93. The van der Waals surface area contributed by atoms with Gasteiger partial charge < -0.3 is 5.32 Å². The van der Waals surface area contributed by atoms with E-state index < -0.39 is 0 Å². The molecule has 0 aromatic carbocycles. The predicted molar refractivity (Wildman–Crippen MR) is 73.1 cm³/mol. The summed E-state index contributed by atoms with van der Waals surface area (Å²) in [7, 11) is 2.00. The van der Waals surface area contributed by atoms with Gasteiger partial charge in [-0.1, -0.05) is 25.4 Å². The Morgan fingerprint density at radius 2 is 2.20 bits per heavy atom. The van der Waals surface area contributed by atoms with Gasteiger partial charge in [-0.2, -0.15) is 0 Å². The Bertz CT molecular complexity index is 303. The molecular weight excluding hydrogens is 294 g/mol. The van der Waals surface area contributed by atoms with Gasteiger partial charge in [-0.15, -0.1) is 11.3 Å². The van der Waals surface area contributed by atoms with Crippen molar-refractivity contribution in [3.8, 4) is 0 Å². The second-order valence-corrected chi connectivity index (χ2v) is 7.39. The molecule has 0 radical (unpaired) electrons. The standard InChI is InChI=1S/C11H17BrClNS/c1-11(2,7-14-3)5-4-8-6-9(13)10(12)15-8/h6,14H,4-5,7H2,1-3H3. The van der Waals surface area contributed by atoms with E-state index in [0.717, 1.165) is 21.8 Å². The number of aryl methyl sites for hydroxylation is 1. The Labute approximate surface area is 109 Å². The first-order valence-electron chi connectivity index (χ1n) is 5.03. The Morgan fingerprint density at radius 1 is 1.53 bits per heavy atom. The number of nitrogens with one attached hydrogen (secondary N) is 1. The van der Waals surface area contributed by atoms with E-state index in [1.165, 1.54) is 11.3 Å². The Hall–Kier alpha value is 0.430. The first-order valence-corrected chi connectivity index (χ1v) is 7.02. The van der Waals surface area contributed by atoms with E-state index in [2.05, 4.69) is 41.2 Å². The van der Waals surface area contributed by atoms with Crippen LogP contribution >= 0.6 is 38.9 Å². The molecule has 1 aromatic rings. The molecular formula is C11H17BrClNS. The zero-order valence-corrected chi connectivity index (χ0v) is 12.5. The molecule has 0 aliphatic carbocycles. The molecule has 1 aromatic heterocycles. The van der Waals surface area contributed by atoms with E-state index in [4.69, 9.17) is 11.6 Å². The summed E-state index contributed by atoms with van der Waals surface area (Å²) in [5.74, 6) is 0. The van der Waals surface area contributed by atoms with Crippen LogP contribution in [0, 0.1) is 5.41 Å². The Morgan fingerprint density at radius 3 is 2.67 bits per heavy atom. The van der Waals surface area contributed by atoms with Gasteiger partial charge in [-0.25, -0.2) is 0 Å². The molecule has 0 saturated heterocycles. The van der Waals surface area contributed by atoms with Gasteiger partial charge in [0.15, 0.2) is 0 Å². The fourth-order valence-electron chi connectivity index (χ4n) is 1.54. The molecule has 0 saturated carbocycles.